The first-order valence-corrected chi connectivity index (χ1v) is 8.82. The van der Waals surface area contributed by atoms with Gasteiger partial charge in [0.1, 0.15) is 0 Å². The number of rotatable bonds is 9. The third-order valence-corrected chi connectivity index (χ3v) is 4.08. The number of unbranched alkanes of at least 4 members (excludes halogenated alkanes) is 3. The van der Waals surface area contributed by atoms with Crippen LogP contribution in [0, 0.1) is 0 Å². The lowest BCUT2D eigenvalue weighted by atomic mass is 10.1. The van der Waals surface area contributed by atoms with Crippen molar-refractivity contribution in [1.82, 2.24) is 5.32 Å². The van der Waals surface area contributed by atoms with Gasteiger partial charge >= 0.3 is 0 Å². The molecule has 0 atom stereocenters. The molecule has 0 unspecified atom stereocenters. The van der Waals surface area contributed by atoms with Gasteiger partial charge in [-0.15, -0.1) is 0 Å². The van der Waals surface area contributed by atoms with E-state index in [2.05, 4.69) is 67.1 Å². The fourth-order valence-corrected chi connectivity index (χ4v) is 2.54. The van der Waals surface area contributed by atoms with Crippen molar-refractivity contribution in [3.63, 3.8) is 0 Å². The summed E-state index contributed by atoms with van der Waals surface area (Å²) in [6.07, 6.45) is 5.02. The lowest BCUT2D eigenvalue weighted by Crippen LogP contribution is -2.35. The molecule has 1 N–H and O–H groups in total. The van der Waals surface area contributed by atoms with Crippen LogP contribution in [0.4, 0.5) is 0 Å². The van der Waals surface area contributed by atoms with Crippen LogP contribution in [0.15, 0.2) is 22.7 Å². The van der Waals surface area contributed by atoms with Gasteiger partial charge in [-0.3, -0.25) is 0 Å². The minimum Gasteiger partial charge on any atom is -0.377 e. The normalized spacial score (nSPS) is 11.9. The molecule has 0 heterocycles. The van der Waals surface area contributed by atoms with Crippen molar-refractivity contribution < 1.29 is 4.74 Å². The molecule has 0 aliphatic carbocycles. The molecule has 2 nitrogen and oxygen atoms in total. The maximum absolute atomic E-state index is 5.76. The average molecular weight is 356 g/mol. The Kier molecular flexibility index (Phi) is 8.53. The van der Waals surface area contributed by atoms with Crippen molar-refractivity contribution in [2.45, 2.75) is 72.1 Å². The summed E-state index contributed by atoms with van der Waals surface area (Å²) in [6.45, 7) is 11.2. The molecule has 120 valence electrons. The maximum Gasteiger partial charge on any atom is 0.0727 e. The van der Waals surface area contributed by atoms with Crippen LogP contribution in [-0.2, 0) is 17.9 Å². The Balaban J connectivity index is 2.36. The topological polar surface area (TPSA) is 21.3 Å². The van der Waals surface area contributed by atoms with E-state index < -0.39 is 0 Å². The van der Waals surface area contributed by atoms with E-state index >= 15 is 0 Å². The van der Waals surface area contributed by atoms with Gasteiger partial charge in [-0.2, -0.15) is 0 Å². The fraction of sp³-hybridized carbons (Fsp3) is 0.667. The zero-order chi connectivity index (χ0) is 15.7. The van der Waals surface area contributed by atoms with Crippen LogP contribution in [0.2, 0.25) is 0 Å². The first-order chi connectivity index (χ1) is 9.92. The average Bonchev–Trinajstić information content (AvgIpc) is 2.41. The molecule has 0 radical (unpaired) electrons. The lowest BCUT2D eigenvalue weighted by molar-refractivity contribution is 0.116. The summed E-state index contributed by atoms with van der Waals surface area (Å²) in [5.41, 5.74) is 2.67. The zero-order valence-corrected chi connectivity index (χ0v) is 15.6. The van der Waals surface area contributed by atoms with E-state index in [1.807, 2.05) is 0 Å². The minimum absolute atomic E-state index is 0.146. The van der Waals surface area contributed by atoms with Gasteiger partial charge in [0, 0.05) is 23.2 Å². The summed E-state index contributed by atoms with van der Waals surface area (Å²) in [5.74, 6) is 0. The van der Waals surface area contributed by atoms with Gasteiger partial charge in [-0.05, 0) is 44.4 Å². The van der Waals surface area contributed by atoms with E-state index in [-0.39, 0.29) is 5.54 Å². The van der Waals surface area contributed by atoms with E-state index in [0.29, 0.717) is 6.61 Å². The van der Waals surface area contributed by atoms with Crippen LogP contribution < -0.4 is 5.32 Å². The van der Waals surface area contributed by atoms with Crippen LogP contribution in [0.25, 0.3) is 0 Å². The Morgan fingerprint density at radius 2 is 1.90 bits per heavy atom. The molecule has 0 aliphatic rings. The van der Waals surface area contributed by atoms with Gasteiger partial charge in [-0.25, -0.2) is 0 Å². The van der Waals surface area contributed by atoms with Crippen molar-refractivity contribution in [2.75, 3.05) is 6.61 Å². The van der Waals surface area contributed by atoms with Crippen molar-refractivity contribution in [2.24, 2.45) is 0 Å². The predicted octanol–water partition coefficient (Wildman–Crippen LogP) is 5.43. The molecule has 1 rings (SSSR count). The third-order valence-electron chi connectivity index (χ3n) is 3.34. The summed E-state index contributed by atoms with van der Waals surface area (Å²) in [4.78, 5) is 0. The van der Waals surface area contributed by atoms with Crippen LogP contribution in [0.1, 0.15) is 64.5 Å². The van der Waals surface area contributed by atoms with E-state index in [1.165, 1.54) is 36.8 Å². The second kappa shape index (κ2) is 9.60. The number of ether oxygens (including phenoxy) is 1. The summed E-state index contributed by atoms with van der Waals surface area (Å²) in [5, 5.41) is 3.50. The molecule has 0 spiro atoms. The van der Waals surface area contributed by atoms with Crippen LogP contribution in [0.3, 0.4) is 0 Å². The molecule has 21 heavy (non-hydrogen) atoms. The fourth-order valence-electron chi connectivity index (χ4n) is 2.00. The molecule has 0 fully saturated rings. The van der Waals surface area contributed by atoms with Gasteiger partial charge in [0.15, 0.2) is 0 Å². The molecule has 0 saturated heterocycles. The van der Waals surface area contributed by atoms with Crippen LogP contribution in [-0.4, -0.2) is 12.1 Å². The first-order valence-electron chi connectivity index (χ1n) is 8.02. The standard InChI is InChI=1S/C18H30BrNO/c1-5-6-7-8-11-21-14-16-10-9-15(12-17(16)19)13-20-18(2,3)4/h9-10,12,20H,5-8,11,13-14H2,1-4H3. The number of halogens is 1. The summed E-state index contributed by atoms with van der Waals surface area (Å²) in [7, 11) is 0. The molecule has 0 aromatic heterocycles. The van der Waals surface area contributed by atoms with E-state index in [9.17, 15) is 0 Å². The largest absolute Gasteiger partial charge is 0.377 e. The van der Waals surface area contributed by atoms with E-state index in [1.54, 1.807) is 0 Å². The second-order valence-electron chi connectivity index (χ2n) is 6.64. The number of hydrogen-bond donors (Lipinski definition) is 1. The smallest absolute Gasteiger partial charge is 0.0727 e. The summed E-state index contributed by atoms with van der Waals surface area (Å²) >= 11 is 3.65. The third kappa shape index (κ3) is 8.60. The molecule has 3 heteroatoms. The van der Waals surface area contributed by atoms with Gasteiger partial charge in [0.05, 0.1) is 6.61 Å². The zero-order valence-electron chi connectivity index (χ0n) is 14.0. The monoisotopic (exact) mass is 355 g/mol. The van der Waals surface area contributed by atoms with E-state index in [4.69, 9.17) is 4.74 Å². The number of nitrogens with one attached hydrogen (secondary N) is 1. The highest BCUT2D eigenvalue weighted by molar-refractivity contribution is 9.10. The van der Waals surface area contributed by atoms with Gasteiger partial charge < -0.3 is 10.1 Å². The minimum atomic E-state index is 0.146. The molecule has 0 aliphatic heterocycles. The predicted molar refractivity (Wildman–Crippen MR) is 94.5 cm³/mol. The molecule has 0 bridgehead atoms. The van der Waals surface area contributed by atoms with Crippen LogP contribution >= 0.6 is 15.9 Å². The highest BCUT2D eigenvalue weighted by Gasteiger charge is 2.09. The number of benzene rings is 1. The van der Waals surface area contributed by atoms with Crippen molar-refractivity contribution >= 4 is 15.9 Å². The molecular formula is C18H30BrNO. The van der Waals surface area contributed by atoms with Gasteiger partial charge in [0.25, 0.3) is 0 Å². The molecule has 0 saturated carbocycles. The highest BCUT2D eigenvalue weighted by Crippen LogP contribution is 2.20. The Bertz CT molecular complexity index is 412. The van der Waals surface area contributed by atoms with Crippen molar-refractivity contribution in [3.05, 3.63) is 33.8 Å². The Labute approximate surface area is 138 Å². The maximum atomic E-state index is 5.76. The SMILES string of the molecule is CCCCCCOCc1ccc(CNC(C)(C)C)cc1Br. The summed E-state index contributed by atoms with van der Waals surface area (Å²) in [6, 6.07) is 6.53. The second-order valence-corrected chi connectivity index (χ2v) is 7.50. The van der Waals surface area contributed by atoms with Crippen molar-refractivity contribution in [3.8, 4) is 0 Å². The molecule has 1 aromatic rings. The van der Waals surface area contributed by atoms with Gasteiger partial charge in [-0.1, -0.05) is 54.2 Å². The lowest BCUT2D eigenvalue weighted by Gasteiger charge is -2.20. The Morgan fingerprint density at radius 1 is 1.14 bits per heavy atom. The highest BCUT2D eigenvalue weighted by atomic mass is 79.9. The van der Waals surface area contributed by atoms with E-state index in [0.717, 1.165) is 17.6 Å². The molecular weight excluding hydrogens is 326 g/mol. The van der Waals surface area contributed by atoms with Crippen molar-refractivity contribution in [1.29, 1.82) is 0 Å². The Morgan fingerprint density at radius 3 is 2.52 bits per heavy atom. The van der Waals surface area contributed by atoms with Gasteiger partial charge in [0.2, 0.25) is 0 Å². The molecule has 0 amide bonds. The summed E-state index contributed by atoms with van der Waals surface area (Å²) < 4.78 is 6.90. The van der Waals surface area contributed by atoms with Crippen LogP contribution in [0.5, 0.6) is 0 Å². The molecule has 1 aromatic carbocycles. The quantitative estimate of drug-likeness (QED) is 0.596. The Hall–Kier alpha value is -0.380. The number of hydrogen-bond acceptors (Lipinski definition) is 2. The first kappa shape index (κ1) is 18.7.